The molecular formula is C26H20Cl2N2O3. The molecule has 0 spiro atoms. The fraction of sp³-hybridized carbons (Fsp3) is 0.115. The normalized spacial score (nSPS) is 11.7. The lowest BCUT2D eigenvalue weighted by atomic mass is 10.0. The molecule has 3 aromatic carbocycles. The van der Waals surface area contributed by atoms with Crippen LogP contribution >= 0.6 is 23.2 Å². The Balaban J connectivity index is 1.55. The van der Waals surface area contributed by atoms with E-state index in [1.807, 2.05) is 49.4 Å². The Hall–Kier alpha value is -3.41. The third kappa shape index (κ3) is 5.33. The van der Waals surface area contributed by atoms with E-state index in [2.05, 4.69) is 10.3 Å². The van der Waals surface area contributed by atoms with E-state index >= 15 is 0 Å². The van der Waals surface area contributed by atoms with E-state index in [0.717, 1.165) is 5.56 Å². The van der Waals surface area contributed by atoms with Gasteiger partial charge in [-0.25, -0.2) is 9.78 Å². The van der Waals surface area contributed by atoms with Crippen LogP contribution in [0.2, 0.25) is 10.0 Å². The molecule has 0 aliphatic heterocycles. The van der Waals surface area contributed by atoms with Crippen molar-refractivity contribution in [1.82, 2.24) is 10.3 Å². The summed E-state index contributed by atoms with van der Waals surface area (Å²) in [5, 5.41) is 4.37. The van der Waals surface area contributed by atoms with Gasteiger partial charge in [-0.05, 0) is 42.8 Å². The van der Waals surface area contributed by atoms with Crippen molar-refractivity contribution < 1.29 is 14.3 Å². The van der Waals surface area contributed by atoms with Gasteiger partial charge in [0.2, 0.25) is 0 Å². The number of aromatic nitrogens is 1. The first-order chi connectivity index (χ1) is 15.9. The predicted octanol–water partition coefficient (Wildman–Crippen LogP) is 6.24. The molecule has 0 aliphatic rings. The quantitative estimate of drug-likeness (QED) is 0.333. The molecule has 0 fully saturated rings. The molecule has 5 nitrogen and oxygen atoms in total. The van der Waals surface area contributed by atoms with E-state index in [0.29, 0.717) is 37.8 Å². The average molecular weight is 479 g/mol. The van der Waals surface area contributed by atoms with Crippen molar-refractivity contribution in [3.05, 3.63) is 100 Å². The standard InChI is InChI=1S/C26H20Cl2N2O3/c1-16(17-7-3-2-4-8-17)29-25(31)15-33-26(32)21-14-24(20-12-11-18(27)13-22(20)28)30-23-10-6-5-9-19(21)23/h2-14,16H,15H2,1H3,(H,29,31)/t16-/m0/s1. The Morgan fingerprint density at radius 1 is 0.970 bits per heavy atom. The second-order valence-electron chi connectivity index (χ2n) is 7.47. The summed E-state index contributed by atoms with van der Waals surface area (Å²) >= 11 is 12.4. The summed E-state index contributed by atoms with van der Waals surface area (Å²) in [7, 11) is 0. The molecule has 1 aromatic heterocycles. The Bertz CT molecular complexity index is 1330. The summed E-state index contributed by atoms with van der Waals surface area (Å²) in [6.07, 6.45) is 0. The van der Waals surface area contributed by atoms with Gasteiger partial charge in [-0.2, -0.15) is 0 Å². The molecule has 0 unspecified atom stereocenters. The van der Waals surface area contributed by atoms with Gasteiger partial charge in [0.15, 0.2) is 6.61 Å². The SMILES string of the molecule is C[C@H](NC(=O)COC(=O)c1cc(-c2ccc(Cl)cc2Cl)nc2ccccc12)c1ccccc1. The smallest absolute Gasteiger partial charge is 0.339 e. The van der Waals surface area contributed by atoms with Crippen LogP contribution in [-0.2, 0) is 9.53 Å². The minimum atomic E-state index is -0.623. The molecule has 1 atom stereocenters. The Labute approximate surface area is 201 Å². The van der Waals surface area contributed by atoms with Gasteiger partial charge in [0.1, 0.15) is 0 Å². The molecule has 4 rings (SSSR count). The largest absolute Gasteiger partial charge is 0.452 e. The molecular weight excluding hydrogens is 459 g/mol. The number of rotatable bonds is 6. The summed E-state index contributed by atoms with van der Waals surface area (Å²) in [4.78, 5) is 30.0. The van der Waals surface area contributed by atoms with Crippen molar-refractivity contribution in [3.8, 4) is 11.3 Å². The van der Waals surface area contributed by atoms with Crippen molar-refractivity contribution in [2.24, 2.45) is 0 Å². The van der Waals surface area contributed by atoms with Crippen molar-refractivity contribution in [2.45, 2.75) is 13.0 Å². The molecule has 33 heavy (non-hydrogen) atoms. The molecule has 4 aromatic rings. The van der Waals surface area contributed by atoms with Gasteiger partial charge in [0.05, 0.1) is 27.8 Å². The monoisotopic (exact) mass is 478 g/mol. The molecule has 0 aliphatic carbocycles. The summed E-state index contributed by atoms with van der Waals surface area (Å²) in [6.45, 7) is 1.47. The van der Waals surface area contributed by atoms with E-state index in [1.54, 1.807) is 36.4 Å². The molecule has 7 heteroatoms. The van der Waals surface area contributed by atoms with Crippen LogP contribution in [0.3, 0.4) is 0 Å². The average Bonchev–Trinajstić information content (AvgIpc) is 2.82. The lowest BCUT2D eigenvalue weighted by Gasteiger charge is -2.15. The highest BCUT2D eigenvalue weighted by molar-refractivity contribution is 6.36. The van der Waals surface area contributed by atoms with Crippen LogP contribution in [-0.4, -0.2) is 23.5 Å². The topological polar surface area (TPSA) is 68.3 Å². The van der Waals surface area contributed by atoms with Gasteiger partial charge in [0, 0.05) is 16.0 Å². The molecule has 1 amide bonds. The lowest BCUT2D eigenvalue weighted by Crippen LogP contribution is -2.31. The van der Waals surface area contributed by atoms with Crippen molar-refractivity contribution in [3.63, 3.8) is 0 Å². The first-order valence-electron chi connectivity index (χ1n) is 10.3. The van der Waals surface area contributed by atoms with Gasteiger partial charge >= 0.3 is 5.97 Å². The number of amides is 1. The van der Waals surface area contributed by atoms with Crippen LogP contribution in [0.5, 0.6) is 0 Å². The van der Waals surface area contributed by atoms with Crippen LogP contribution in [0.25, 0.3) is 22.2 Å². The number of hydrogen-bond acceptors (Lipinski definition) is 4. The van der Waals surface area contributed by atoms with E-state index < -0.39 is 12.6 Å². The number of pyridine rings is 1. The highest BCUT2D eigenvalue weighted by Gasteiger charge is 2.18. The van der Waals surface area contributed by atoms with Gasteiger partial charge in [-0.1, -0.05) is 71.7 Å². The second kappa shape index (κ2) is 10.0. The number of hydrogen-bond donors (Lipinski definition) is 1. The van der Waals surface area contributed by atoms with Crippen LogP contribution < -0.4 is 5.32 Å². The maximum Gasteiger partial charge on any atom is 0.339 e. The van der Waals surface area contributed by atoms with Gasteiger partial charge < -0.3 is 10.1 Å². The van der Waals surface area contributed by atoms with E-state index in [-0.39, 0.29) is 11.9 Å². The number of carbonyl (C=O) groups excluding carboxylic acids is 2. The maximum absolute atomic E-state index is 13.0. The number of para-hydroxylation sites is 1. The van der Waals surface area contributed by atoms with Crippen LogP contribution in [0.1, 0.15) is 28.9 Å². The number of carbonyl (C=O) groups is 2. The van der Waals surface area contributed by atoms with E-state index in [9.17, 15) is 9.59 Å². The molecule has 166 valence electrons. The minimum absolute atomic E-state index is 0.210. The lowest BCUT2D eigenvalue weighted by molar-refractivity contribution is -0.124. The number of nitrogens with zero attached hydrogens (tertiary/aromatic N) is 1. The zero-order chi connectivity index (χ0) is 23.4. The van der Waals surface area contributed by atoms with E-state index in [1.165, 1.54) is 0 Å². The number of esters is 1. The van der Waals surface area contributed by atoms with Gasteiger partial charge in [-0.3, -0.25) is 4.79 Å². The zero-order valence-corrected chi connectivity index (χ0v) is 19.2. The van der Waals surface area contributed by atoms with Crippen molar-refractivity contribution in [2.75, 3.05) is 6.61 Å². The van der Waals surface area contributed by atoms with Crippen molar-refractivity contribution >= 4 is 46.0 Å². The molecule has 0 bridgehead atoms. The van der Waals surface area contributed by atoms with Crippen LogP contribution in [0.4, 0.5) is 0 Å². The van der Waals surface area contributed by atoms with E-state index in [4.69, 9.17) is 27.9 Å². The van der Waals surface area contributed by atoms with Gasteiger partial charge in [-0.15, -0.1) is 0 Å². The summed E-state index contributed by atoms with van der Waals surface area (Å²) in [6, 6.07) is 23.2. The third-order valence-electron chi connectivity index (χ3n) is 5.15. The number of benzene rings is 3. The number of halogens is 2. The molecule has 0 radical (unpaired) electrons. The maximum atomic E-state index is 13.0. The Kier molecular flexibility index (Phi) is 6.92. The molecule has 0 saturated heterocycles. The summed E-state index contributed by atoms with van der Waals surface area (Å²) in [5.41, 5.74) is 3.00. The summed E-state index contributed by atoms with van der Waals surface area (Å²) in [5.74, 6) is -1.01. The number of ether oxygens (including phenoxy) is 1. The van der Waals surface area contributed by atoms with Crippen molar-refractivity contribution in [1.29, 1.82) is 0 Å². The fourth-order valence-corrected chi connectivity index (χ4v) is 4.00. The first kappa shape index (κ1) is 22.8. The second-order valence-corrected chi connectivity index (χ2v) is 8.32. The molecule has 1 heterocycles. The number of fused-ring (bicyclic) bond motifs is 1. The van der Waals surface area contributed by atoms with Crippen LogP contribution in [0.15, 0.2) is 78.9 Å². The first-order valence-corrected chi connectivity index (χ1v) is 11.0. The minimum Gasteiger partial charge on any atom is -0.452 e. The zero-order valence-electron chi connectivity index (χ0n) is 17.7. The summed E-state index contributed by atoms with van der Waals surface area (Å²) < 4.78 is 5.34. The highest BCUT2D eigenvalue weighted by atomic mass is 35.5. The fourth-order valence-electron chi connectivity index (χ4n) is 3.50. The highest BCUT2D eigenvalue weighted by Crippen LogP contribution is 2.32. The number of nitrogens with one attached hydrogen (secondary N) is 1. The van der Waals surface area contributed by atoms with Gasteiger partial charge in [0.25, 0.3) is 5.91 Å². The Morgan fingerprint density at radius 3 is 2.45 bits per heavy atom. The third-order valence-corrected chi connectivity index (χ3v) is 5.70. The Morgan fingerprint density at radius 2 is 1.70 bits per heavy atom. The molecule has 1 N–H and O–H groups in total. The predicted molar refractivity (Wildman–Crippen MR) is 130 cm³/mol. The van der Waals surface area contributed by atoms with Crippen LogP contribution in [0, 0.1) is 0 Å². The molecule has 0 saturated carbocycles.